The molecule has 0 aliphatic carbocycles. The molecule has 4 heterocycles. The van der Waals surface area contributed by atoms with Crippen molar-refractivity contribution in [2.75, 3.05) is 0 Å². The number of carbonyl (C=O) groups is 2. The molecule has 158 valence electrons. The third-order valence-electron chi connectivity index (χ3n) is 4.93. The summed E-state index contributed by atoms with van der Waals surface area (Å²) in [6.07, 6.45) is -2.33. The molecule has 0 aromatic carbocycles. The largest absolute Gasteiger partial charge is 0.342 e. The van der Waals surface area contributed by atoms with E-state index in [1.165, 1.54) is 30.6 Å². The minimum Gasteiger partial charge on any atom is -0.342 e. The van der Waals surface area contributed by atoms with E-state index >= 15 is 0 Å². The van der Waals surface area contributed by atoms with Gasteiger partial charge in [-0.25, -0.2) is 10.4 Å². The number of nitrogens with zero attached hydrogens (tertiary/aromatic N) is 1. The van der Waals surface area contributed by atoms with E-state index in [0.29, 0.717) is 0 Å². The topological polar surface area (TPSA) is 108 Å². The monoisotopic (exact) mass is 417 g/mol. The lowest BCUT2D eigenvalue weighted by molar-refractivity contribution is -0.235. The maximum Gasteiger partial charge on any atom is 0.236 e. The van der Waals surface area contributed by atoms with Gasteiger partial charge in [0.05, 0.1) is 0 Å². The van der Waals surface area contributed by atoms with Crippen molar-refractivity contribution in [3.05, 3.63) is 0 Å². The fourth-order valence-electron chi connectivity index (χ4n) is 4.00. The Balaban J connectivity index is 1.58. The molecule has 2 N–H and O–H groups in total. The number of amides is 2. The number of rotatable bonds is 2. The fourth-order valence-corrected chi connectivity index (χ4v) is 5.39. The summed E-state index contributed by atoms with van der Waals surface area (Å²) in [6.45, 7) is 10.2. The van der Waals surface area contributed by atoms with Gasteiger partial charge < -0.3 is 29.0 Å². The Labute approximate surface area is 167 Å². The molecule has 4 aliphatic heterocycles. The summed E-state index contributed by atoms with van der Waals surface area (Å²) in [5.41, 5.74) is 2.58. The number of hydrogen-bond donors (Lipinski definition) is 2. The zero-order valence-corrected chi connectivity index (χ0v) is 17.6. The number of fused-ring (bicyclic) bond motifs is 3. The van der Waals surface area contributed by atoms with Gasteiger partial charge in [-0.15, -0.1) is 0 Å². The van der Waals surface area contributed by atoms with E-state index in [1.54, 1.807) is 0 Å². The maximum absolute atomic E-state index is 12.0. The number of thioether (sulfide) groups is 1. The van der Waals surface area contributed by atoms with Gasteiger partial charge in [-0.05, 0) is 27.7 Å². The second kappa shape index (κ2) is 6.79. The normalized spacial score (nSPS) is 43.5. The molecule has 0 bridgehead atoms. The van der Waals surface area contributed by atoms with Crippen LogP contribution in [0.5, 0.6) is 0 Å². The second-order valence-corrected chi connectivity index (χ2v) is 9.49. The van der Waals surface area contributed by atoms with Crippen molar-refractivity contribution >= 4 is 23.6 Å². The van der Waals surface area contributed by atoms with Crippen LogP contribution >= 0.6 is 11.8 Å². The van der Waals surface area contributed by atoms with Crippen molar-refractivity contribution in [1.82, 2.24) is 15.8 Å². The summed E-state index contributed by atoms with van der Waals surface area (Å²) in [6, 6.07) is 0. The molecule has 1 unspecified atom stereocenters. The number of hydrogen-bond acceptors (Lipinski definition) is 9. The van der Waals surface area contributed by atoms with E-state index in [1.807, 2.05) is 27.7 Å². The molecule has 0 aromatic heterocycles. The number of ether oxygens (including phenoxy) is 5. The first-order chi connectivity index (χ1) is 13.0. The molecule has 7 atom stereocenters. The quantitative estimate of drug-likeness (QED) is 0.653. The van der Waals surface area contributed by atoms with Crippen LogP contribution in [0.4, 0.5) is 0 Å². The van der Waals surface area contributed by atoms with E-state index in [9.17, 15) is 9.59 Å². The summed E-state index contributed by atoms with van der Waals surface area (Å²) in [4.78, 5) is 23.6. The van der Waals surface area contributed by atoms with Crippen LogP contribution in [0.3, 0.4) is 0 Å². The minimum absolute atomic E-state index is 0.218. The van der Waals surface area contributed by atoms with Crippen molar-refractivity contribution in [1.29, 1.82) is 0 Å². The zero-order chi connectivity index (χ0) is 20.4. The molecule has 4 rings (SSSR count). The molecule has 0 saturated carbocycles. The van der Waals surface area contributed by atoms with Crippen molar-refractivity contribution in [2.24, 2.45) is 0 Å². The molecule has 0 spiro atoms. The third-order valence-corrected chi connectivity index (χ3v) is 6.18. The summed E-state index contributed by atoms with van der Waals surface area (Å²) < 4.78 is 30.4. The average molecular weight is 417 g/mol. The van der Waals surface area contributed by atoms with Crippen LogP contribution in [0, 0.1) is 0 Å². The minimum atomic E-state index is -0.803. The molecule has 4 aliphatic rings. The number of carbonyl (C=O) groups excluding carboxylic acids is 2. The molecule has 11 heteroatoms. The van der Waals surface area contributed by atoms with Crippen LogP contribution in [-0.2, 0) is 33.3 Å². The van der Waals surface area contributed by atoms with Gasteiger partial charge in [-0.2, -0.15) is 0 Å². The molecular weight excluding hydrogens is 390 g/mol. The Morgan fingerprint density at radius 1 is 0.929 bits per heavy atom. The molecular formula is C17H27N3O7S. The van der Waals surface area contributed by atoms with Gasteiger partial charge in [0.1, 0.15) is 29.8 Å². The van der Waals surface area contributed by atoms with Crippen LogP contribution in [0.15, 0.2) is 0 Å². The first-order valence-electron chi connectivity index (χ1n) is 9.31. The van der Waals surface area contributed by atoms with Crippen LogP contribution < -0.4 is 10.7 Å². The van der Waals surface area contributed by atoms with Crippen LogP contribution in [0.2, 0.25) is 0 Å². The highest BCUT2D eigenvalue weighted by Gasteiger charge is 2.62. The van der Waals surface area contributed by atoms with E-state index in [-0.39, 0.29) is 23.3 Å². The average Bonchev–Trinajstić information content (AvgIpc) is 3.17. The summed E-state index contributed by atoms with van der Waals surface area (Å²) in [5, 5.41) is 3.79. The first kappa shape index (κ1) is 20.3. The fraction of sp³-hybridized carbons (Fsp3) is 0.882. The molecule has 2 amide bonds. The van der Waals surface area contributed by atoms with Gasteiger partial charge in [0, 0.05) is 13.8 Å². The molecule has 0 radical (unpaired) electrons. The maximum atomic E-state index is 12.0. The number of hydrazine groups is 1. The molecule has 4 saturated heterocycles. The molecule has 28 heavy (non-hydrogen) atoms. The standard InChI is InChI=1S/C17H27N3O7S/c1-7(21)18-15-20(8(2)22)19-13(28-15)11-9-10(25-16(3,4)24-9)12-14(23-11)27-17(5,6)26-12/h9-15,19H,1-6H3,(H,18,21)/t9-,10+,11+,12-,13+,14-,15?/m1/s1. The Morgan fingerprint density at radius 2 is 1.50 bits per heavy atom. The smallest absolute Gasteiger partial charge is 0.236 e. The second-order valence-electron chi connectivity index (χ2n) is 8.26. The predicted octanol–water partition coefficient (Wildman–Crippen LogP) is 0.229. The highest BCUT2D eigenvalue weighted by atomic mass is 32.2. The van der Waals surface area contributed by atoms with Crippen molar-refractivity contribution < 1.29 is 33.3 Å². The Hall–Kier alpha value is -0.950. The highest BCUT2D eigenvalue weighted by Crippen LogP contribution is 2.46. The molecule has 4 fully saturated rings. The lowest BCUT2D eigenvalue weighted by atomic mass is 9.99. The van der Waals surface area contributed by atoms with E-state index in [2.05, 4.69) is 10.7 Å². The third kappa shape index (κ3) is 3.64. The summed E-state index contributed by atoms with van der Waals surface area (Å²) in [5.74, 6) is -2.05. The zero-order valence-electron chi connectivity index (χ0n) is 16.8. The van der Waals surface area contributed by atoms with Gasteiger partial charge in [-0.3, -0.25) is 9.59 Å². The lowest BCUT2D eigenvalue weighted by Crippen LogP contribution is -2.60. The van der Waals surface area contributed by atoms with Crippen molar-refractivity contribution in [3.63, 3.8) is 0 Å². The lowest BCUT2D eigenvalue weighted by Gasteiger charge is -2.39. The molecule has 10 nitrogen and oxygen atoms in total. The molecule has 0 aromatic rings. The Kier molecular flexibility index (Phi) is 4.93. The Morgan fingerprint density at radius 3 is 2.11 bits per heavy atom. The number of nitrogens with one attached hydrogen (secondary N) is 2. The van der Waals surface area contributed by atoms with Crippen molar-refractivity contribution in [2.45, 2.75) is 94.7 Å². The van der Waals surface area contributed by atoms with Gasteiger partial charge in [-0.1, -0.05) is 11.8 Å². The van der Waals surface area contributed by atoms with Gasteiger partial charge in [0.25, 0.3) is 0 Å². The van der Waals surface area contributed by atoms with Gasteiger partial charge in [0.15, 0.2) is 23.4 Å². The van der Waals surface area contributed by atoms with Gasteiger partial charge >= 0.3 is 0 Å². The first-order valence-corrected chi connectivity index (χ1v) is 10.3. The SMILES string of the molecule is CC(=O)NC1S[C@@H]([C@H]2O[C@@H]3OC(C)(C)O[C@@H]3[C@H]3OC(C)(C)O[C@H]32)NN1C(C)=O. The Bertz CT molecular complexity index is 675. The van der Waals surface area contributed by atoms with Crippen LogP contribution in [-0.4, -0.2) is 70.0 Å². The highest BCUT2D eigenvalue weighted by molar-refractivity contribution is 8.00. The van der Waals surface area contributed by atoms with E-state index < -0.39 is 41.7 Å². The van der Waals surface area contributed by atoms with E-state index in [4.69, 9.17) is 23.7 Å². The summed E-state index contributed by atoms with van der Waals surface area (Å²) in [7, 11) is 0. The van der Waals surface area contributed by atoms with Crippen LogP contribution in [0.1, 0.15) is 41.5 Å². The predicted molar refractivity (Wildman–Crippen MR) is 97.2 cm³/mol. The van der Waals surface area contributed by atoms with Crippen LogP contribution in [0.25, 0.3) is 0 Å². The summed E-state index contributed by atoms with van der Waals surface area (Å²) >= 11 is 1.37. The van der Waals surface area contributed by atoms with Gasteiger partial charge in [0.2, 0.25) is 11.8 Å². The van der Waals surface area contributed by atoms with E-state index in [0.717, 1.165) is 0 Å². The van der Waals surface area contributed by atoms with Crippen molar-refractivity contribution in [3.8, 4) is 0 Å².